The predicted octanol–water partition coefficient (Wildman–Crippen LogP) is 4.76. The molecule has 0 saturated carbocycles. The number of aromatic nitrogens is 2. The normalized spacial score (nSPS) is 11.1. The van der Waals surface area contributed by atoms with Gasteiger partial charge in [-0.15, -0.1) is 29.8 Å². The van der Waals surface area contributed by atoms with Crippen molar-refractivity contribution in [2.75, 3.05) is 29.7 Å². The van der Waals surface area contributed by atoms with Crippen LogP contribution in [0.1, 0.15) is 25.6 Å². The lowest BCUT2D eigenvalue weighted by Gasteiger charge is -2.22. The minimum Gasteiger partial charge on any atom is -0.369 e. The first-order chi connectivity index (χ1) is 11.1. The summed E-state index contributed by atoms with van der Waals surface area (Å²) in [7, 11) is 2.08. The summed E-state index contributed by atoms with van der Waals surface area (Å²) in [5.74, 6) is 2.30. The van der Waals surface area contributed by atoms with Gasteiger partial charge in [0.1, 0.15) is 5.82 Å². The predicted molar refractivity (Wildman–Crippen MR) is 102 cm³/mol. The molecule has 0 atom stereocenters. The number of aryl methyl sites for hydroxylation is 2. The lowest BCUT2D eigenvalue weighted by atomic mass is 10.1. The Bertz CT molecular complexity index is 658. The molecular formula is C18H25Cl2N3. The van der Waals surface area contributed by atoms with Crippen LogP contribution in [0.25, 0.3) is 11.0 Å². The van der Waals surface area contributed by atoms with Crippen LogP contribution in [0.4, 0.5) is 5.69 Å². The van der Waals surface area contributed by atoms with Gasteiger partial charge in [-0.05, 0) is 38.0 Å². The van der Waals surface area contributed by atoms with E-state index in [2.05, 4.69) is 48.2 Å². The van der Waals surface area contributed by atoms with Crippen molar-refractivity contribution in [3.05, 3.63) is 36.2 Å². The highest BCUT2D eigenvalue weighted by Crippen LogP contribution is 2.23. The molecule has 0 saturated heterocycles. The number of benzene rings is 1. The van der Waals surface area contributed by atoms with Crippen LogP contribution in [0.2, 0.25) is 0 Å². The first-order valence-electron chi connectivity index (χ1n) is 8.03. The van der Waals surface area contributed by atoms with Gasteiger partial charge in [0.2, 0.25) is 0 Å². The summed E-state index contributed by atoms with van der Waals surface area (Å²) in [5, 5.41) is 0. The molecule has 0 fully saturated rings. The Morgan fingerprint density at radius 1 is 1.26 bits per heavy atom. The van der Waals surface area contributed by atoms with Crippen molar-refractivity contribution >= 4 is 39.9 Å². The molecule has 5 heteroatoms. The van der Waals surface area contributed by atoms with Crippen molar-refractivity contribution in [3.8, 4) is 0 Å². The molecule has 126 valence electrons. The molecule has 0 spiro atoms. The summed E-state index contributed by atoms with van der Waals surface area (Å²) in [6.45, 7) is 7.62. The third-order valence-electron chi connectivity index (χ3n) is 4.03. The zero-order valence-corrected chi connectivity index (χ0v) is 15.5. The Labute approximate surface area is 148 Å². The number of hydrogen-bond acceptors (Lipinski definition) is 2. The molecule has 23 heavy (non-hydrogen) atoms. The Morgan fingerprint density at radius 2 is 1.96 bits per heavy atom. The maximum Gasteiger partial charge on any atom is 0.109 e. The number of rotatable bonds is 9. The summed E-state index contributed by atoms with van der Waals surface area (Å²) >= 11 is 11.8. The third kappa shape index (κ3) is 4.65. The number of allylic oxidation sites excluding steroid dienone is 1. The lowest BCUT2D eigenvalue weighted by molar-refractivity contribution is 0.730. The van der Waals surface area contributed by atoms with E-state index in [9.17, 15) is 0 Å². The molecule has 3 nitrogen and oxygen atoms in total. The Morgan fingerprint density at radius 3 is 2.57 bits per heavy atom. The average molecular weight is 354 g/mol. The number of nitrogens with zero attached hydrogens (tertiary/aromatic N) is 3. The zero-order valence-electron chi connectivity index (χ0n) is 14.0. The second kappa shape index (κ2) is 8.60. The van der Waals surface area contributed by atoms with Crippen molar-refractivity contribution in [1.29, 1.82) is 0 Å². The van der Waals surface area contributed by atoms with E-state index in [0.717, 1.165) is 54.9 Å². The SMILES string of the molecule is C=C(C)CCCc1nc2cc(N(CCCl)CCCl)ccc2n1C. The van der Waals surface area contributed by atoms with Crippen molar-refractivity contribution in [2.45, 2.75) is 26.2 Å². The molecule has 2 aromatic rings. The molecule has 0 aliphatic heterocycles. The molecule has 1 aromatic carbocycles. The van der Waals surface area contributed by atoms with E-state index in [1.54, 1.807) is 0 Å². The van der Waals surface area contributed by atoms with E-state index < -0.39 is 0 Å². The fraction of sp³-hybridized carbons (Fsp3) is 0.500. The average Bonchev–Trinajstić information content (AvgIpc) is 2.83. The van der Waals surface area contributed by atoms with E-state index in [4.69, 9.17) is 28.2 Å². The van der Waals surface area contributed by atoms with E-state index in [1.165, 1.54) is 5.57 Å². The first kappa shape index (κ1) is 18.2. The molecule has 0 radical (unpaired) electrons. The lowest BCUT2D eigenvalue weighted by Crippen LogP contribution is -2.27. The number of fused-ring (bicyclic) bond motifs is 1. The van der Waals surface area contributed by atoms with Crippen molar-refractivity contribution in [1.82, 2.24) is 9.55 Å². The summed E-state index contributed by atoms with van der Waals surface area (Å²) in [5.41, 5.74) is 4.55. The number of alkyl halides is 2. The highest BCUT2D eigenvalue weighted by Gasteiger charge is 2.11. The molecule has 1 aromatic heterocycles. The monoisotopic (exact) mass is 353 g/mol. The van der Waals surface area contributed by atoms with Crippen LogP contribution in [0.5, 0.6) is 0 Å². The fourth-order valence-corrected chi connectivity index (χ4v) is 3.19. The van der Waals surface area contributed by atoms with Crippen LogP contribution in [-0.4, -0.2) is 34.4 Å². The van der Waals surface area contributed by atoms with Gasteiger partial charge in [-0.1, -0.05) is 5.57 Å². The molecule has 0 aliphatic carbocycles. The van der Waals surface area contributed by atoms with E-state index >= 15 is 0 Å². The summed E-state index contributed by atoms with van der Waals surface area (Å²) in [4.78, 5) is 7.02. The molecule has 0 amide bonds. The van der Waals surface area contributed by atoms with Gasteiger partial charge in [-0.3, -0.25) is 0 Å². The van der Waals surface area contributed by atoms with Crippen LogP contribution in [-0.2, 0) is 13.5 Å². The minimum absolute atomic E-state index is 0.587. The number of imidazole rings is 1. The molecule has 0 N–H and O–H groups in total. The third-order valence-corrected chi connectivity index (χ3v) is 4.37. The molecule has 2 rings (SSSR count). The molecular weight excluding hydrogens is 329 g/mol. The van der Waals surface area contributed by atoms with Gasteiger partial charge in [-0.2, -0.15) is 0 Å². The fourth-order valence-electron chi connectivity index (χ4n) is 2.78. The van der Waals surface area contributed by atoms with Crippen LogP contribution < -0.4 is 4.90 Å². The van der Waals surface area contributed by atoms with Gasteiger partial charge in [0.05, 0.1) is 11.0 Å². The smallest absolute Gasteiger partial charge is 0.109 e. The van der Waals surface area contributed by atoms with E-state index in [0.29, 0.717) is 11.8 Å². The van der Waals surface area contributed by atoms with Gasteiger partial charge in [0.15, 0.2) is 0 Å². The first-order valence-corrected chi connectivity index (χ1v) is 9.10. The largest absolute Gasteiger partial charge is 0.369 e. The summed E-state index contributed by atoms with van der Waals surface area (Å²) in [6.07, 6.45) is 3.11. The van der Waals surface area contributed by atoms with Crippen molar-refractivity contribution in [3.63, 3.8) is 0 Å². The second-order valence-electron chi connectivity index (χ2n) is 5.94. The topological polar surface area (TPSA) is 21.1 Å². The highest BCUT2D eigenvalue weighted by atomic mass is 35.5. The van der Waals surface area contributed by atoms with Crippen LogP contribution in [0, 0.1) is 0 Å². The Kier molecular flexibility index (Phi) is 6.79. The Balaban J connectivity index is 2.23. The molecule has 0 unspecified atom stereocenters. The molecule has 0 aliphatic rings. The zero-order chi connectivity index (χ0) is 16.8. The van der Waals surface area contributed by atoms with Crippen LogP contribution >= 0.6 is 23.2 Å². The maximum absolute atomic E-state index is 5.90. The van der Waals surface area contributed by atoms with Gasteiger partial charge < -0.3 is 9.47 Å². The van der Waals surface area contributed by atoms with Gasteiger partial charge in [0, 0.05) is 44.0 Å². The Hall–Kier alpha value is -1.19. The van der Waals surface area contributed by atoms with Crippen molar-refractivity contribution in [2.24, 2.45) is 7.05 Å². The van der Waals surface area contributed by atoms with Crippen molar-refractivity contribution < 1.29 is 0 Å². The van der Waals surface area contributed by atoms with Crippen LogP contribution in [0.3, 0.4) is 0 Å². The van der Waals surface area contributed by atoms with Gasteiger partial charge >= 0.3 is 0 Å². The van der Waals surface area contributed by atoms with Gasteiger partial charge in [-0.25, -0.2) is 4.98 Å². The summed E-state index contributed by atoms with van der Waals surface area (Å²) in [6, 6.07) is 6.40. The second-order valence-corrected chi connectivity index (χ2v) is 6.69. The summed E-state index contributed by atoms with van der Waals surface area (Å²) < 4.78 is 2.19. The number of hydrogen-bond donors (Lipinski definition) is 0. The highest BCUT2D eigenvalue weighted by molar-refractivity contribution is 6.18. The van der Waals surface area contributed by atoms with Crippen LogP contribution in [0.15, 0.2) is 30.4 Å². The quantitative estimate of drug-likeness (QED) is 0.478. The standard InChI is InChI=1S/C18H25Cl2N3/c1-14(2)5-4-6-18-21-16-13-15(7-8-17(16)22(18)3)23(11-9-19)12-10-20/h7-8,13H,1,4-6,9-12H2,2-3H3. The van der Waals surface area contributed by atoms with E-state index in [-0.39, 0.29) is 0 Å². The minimum atomic E-state index is 0.587. The molecule has 0 bridgehead atoms. The number of anilines is 1. The van der Waals surface area contributed by atoms with Gasteiger partial charge in [0.25, 0.3) is 0 Å². The van der Waals surface area contributed by atoms with E-state index in [1.807, 2.05) is 0 Å². The maximum atomic E-state index is 5.90. The molecule has 1 heterocycles. The number of halogens is 2.